The summed E-state index contributed by atoms with van der Waals surface area (Å²) in [7, 11) is -3.59. The lowest BCUT2D eigenvalue weighted by molar-refractivity contribution is 0.0642. The van der Waals surface area contributed by atoms with Crippen LogP contribution in [-0.4, -0.2) is 43.3 Å². The molecular weight excluding hydrogens is 454 g/mol. The minimum atomic E-state index is -3.59. The highest BCUT2D eigenvalue weighted by atomic mass is 32.2. The molecule has 1 heterocycles. The number of fused-ring (bicyclic) bond motifs is 1. The topological polar surface area (TPSA) is 113 Å². The van der Waals surface area contributed by atoms with Crippen molar-refractivity contribution >= 4 is 27.7 Å². The van der Waals surface area contributed by atoms with Crippen molar-refractivity contribution in [3.8, 4) is 0 Å². The molecule has 8 nitrogen and oxygen atoms in total. The number of hydrogen-bond donors (Lipinski definition) is 2. The first-order valence-corrected chi connectivity index (χ1v) is 12.3. The molecule has 0 atom stereocenters. The van der Waals surface area contributed by atoms with Crippen LogP contribution in [0.4, 0.5) is 0 Å². The molecule has 3 aromatic carbocycles. The maximum Gasteiger partial charge on any atom is 0.261 e. The normalized spacial score (nSPS) is 13.1. The van der Waals surface area contributed by atoms with E-state index in [1.165, 1.54) is 18.2 Å². The zero-order chi connectivity index (χ0) is 24.1. The molecule has 0 bridgehead atoms. The quantitative estimate of drug-likeness (QED) is 0.460. The van der Waals surface area contributed by atoms with Gasteiger partial charge in [-0.2, -0.15) is 0 Å². The fourth-order valence-corrected chi connectivity index (χ4v) is 4.51. The lowest BCUT2D eigenvalue weighted by Crippen LogP contribution is -2.34. The van der Waals surface area contributed by atoms with E-state index >= 15 is 0 Å². The van der Waals surface area contributed by atoms with Crippen molar-refractivity contribution in [2.24, 2.45) is 0 Å². The zero-order valence-corrected chi connectivity index (χ0v) is 19.0. The highest BCUT2D eigenvalue weighted by Gasteiger charge is 2.36. The van der Waals surface area contributed by atoms with E-state index in [-0.39, 0.29) is 42.1 Å². The van der Waals surface area contributed by atoms with Gasteiger partial charge in [0.2, 0.25) is 10.0 Å². The first kappa shape index (κ1) is 23.3. The average Bonchev–Trinajstić information content (AvgIpc) is 3.08. The summed E-state index contributed by atoms with van der Waals surface area (Å²) in [6.45, 7) is 0.202. The molecule has 0 aliphatic carbocycles. The minimum absolute atomic E-state index is 0.104. The molecule has 34 heavy (non-hydrogen) atoms. The second kappa shape index (κ2) is 9.98. The molecule has 9 heteroatoms. The number of nitrogens with one attached hydrogen (secondary N) is 2. The summed E-state index contributed by atoms with van der Waals surface area (Å²) in [5, 5.41) is 2.55. The van der Waals surface area contributed by atoms with Crippen LogP contribution in [-0.2, 0) is 23.1 Å². The Morgan fingerprint density at radius 2 is 1.41 bits per heavy atom. The molecule has 0 saturated carbocycles. The number of hydrogen-bond acceptors (Lipinski definition) is 5. The summed E-state index contributed by atoms with van der Waals surface area (Å²) < 4.78 is 26.9. The van der Waals surface area contributed by atoms with Crippen LogP contribution >= 0.6 is 0 Å². The first-order chi connectivity index (χ1) is 16.3. The van der Waals surface area contributed by atoms with Crippen LogP contribution in [0.2, 0.25) is 0 Å². The smallest absolute Gasteiger partial charge is 0.261 e. The molecule has 0 fully saturated rings. The highest BCUT2D eigenvalue weighted by molar-refractivity contribution is 7.89. The number of carbonyl (C=O) groups excluding carboxylic acids is 3. The van der Waals surface area contributed by atoms with E-state index in [9.17, 15) is 22.8 Å². The highest BCUT2D eigenvalue weighted by Crippen LogP contribution is 2.25. The lowest BCUT2D eigenvalue weighted by atomic mass is 10.1. The average molecular weight is 478 g/mol. The fraction of sp³-hybridized carbons (Fsp3) is 0.160. The predicted octanol–water partition coefficient (Wildman–Crippen LogP) is 2.33. The number of rotatable bonds is 9. The summed E-state index contributed by atoms with van der Waals surface area (Å²) in [5.41, 5.74) is 2.22. The van der Waals surface area contributed by atoms with Crippen molar-refractivity contribution in [2.75, 3.05) is 12.3 Å². The van der Waals surface area contributed by atoms with Gasteiger partial charge in [0.05, 0.1) is 23.4 Å². The van der Waals surface area contributed by atoms with E-state index in [1.54, 1.807) is 0 Å². The van der Waals surface area contributed by atoms with Crippen LogP contribution in [0.1, 0.15) is 42.2 Å². The van der Waals surface area contributed by atoms with Crippen LogP contribution < -0.4 is 10.0 Å². The molecule has 3 amide bonds. The number of nitrogens with zero attached hydrogens (tertiary/aromatic N) is 1. The zero-order valence-electron chi connectivity index (χ0n) is 18.2. The predicted molar refractivity (Wildman–Crippen MR) is 126 cm³/mol. The van der Waals surface area contributed by atoms with Crippen molar-refractivity contribution in [3.05, 3.63) is 107 Å². The van der Waals surface area contributed by atoms with Crippen molar-refractivity contribution < 1.29 is 22.8 Å². The monoisotopic (exact) mass is 477 g/mol. The van der Waals surface area contributed by atoms with Crippen molar-refractivity contribution in [1.29, 1.82) is 0 Å². The summed E-state index contributed by atoms with van der Waals surface area (Å²) in [6, 6.07) is 22.5. The second-order valence-corrected chi connectivity index (χ2v) is 9.75. The van der Waals surface area contributed by atoms with E-state index in [4.69, 9.17) is 0 Å². The van der Waals surface area contributed by atoms with Crippen LogP contribution in [0.3, 0.4) is 0 Å². The minimum Gasteiger partial charge on any atom is -0.351 e. The SMILES string of the molecule is O=C(NCCS(=O)(=O)NCc1ccccc1)c1ccc2c(c1)C(=O)N(Cc1ccccc1)C2=O. The largest absolute Gasteiger partial charge is 0.351 e. The van der Waals surface area contributed by atoms with Gasteiger partial charge in [-0.3, -0.25) is 19.3 Å². The molecule has 0 unspecified atom stereocenters. The third-order valence-electron chi connectivity index (χ3n) is 5.41. The summed E-state index contributed by atoms with van der Waals surface area (Å²) in [4.78, 5) is 39.2. The van der Waals surface area contributed by atoms with Gasteiger partial charge in [-0.1, -0.05) is 60.7 Å². The Hall–Kier alpha value is -3.82. The van der Waals surface area contributed by atoms with Crippen molar-refractivity contribution in [2.45, 2.75) is 13.1 Å². The Labute approximate surface area is 197 Å². The lowest BCUT2D eigenvalue weighted by Gasteiger charge is -2.13. The summed E-state index contributed by atoms with van der Waals surface area (Å²) in [6.07, 6.45) is 0. The van der Waals surface area contributed by atoms with Gasteiger partial charge in [0.25, 0.3) is 17.7 Å². The summed E-state index contributed by atoms with van der Waals surface area (Å²) >= 11 is 0. The fourth-order valence-electron chi connectivity index (χ4n) is 3.60. The van der Waals surface area contributed by atoms with E-state index < -0.39 is 27.7 Å². The molecule has 174 valence electrons. The summed E-state index contributed by atoms with van der Waals surface area (Å²) in [5.74, 6) is -1.70. The van der Waals surface area contributed by atoms with Gasteiger partial charge in [0.15, 0.2) is 0 Å². The van der Waals surface area contributed by atoms with Gasteiger partial charge < -0.3 is 5.32 Å². The standard InChI is InChI=1S/C25H23N3O5S/c29-23(26-13-14-34(32,33)27-16-18-7-3-1-4-8-18)20-11-12-21-22(15-20)25(31)28(24(21)30)17-19-9-5-2-6-10-19/h1-12,15,27H,13-14,16-17H2,(H,26,29). The Balaban J connectivity index is 1.34. The van der Waals surface area contributed by atoms with Crippen LogP contribution in [0, 0.1) is 0 Å². The molecule has 3 aromatic rings. The molecule has 0 spiro atoms. The molecule has 4 rings (SSSR count). The van der Waals surface area contributed by atoms with E-state index in [1.807, 2.05) is 60.7 Å². The van der Waals surface area contributed by atoms with Crippen LogP contribution in [0.5, 0.6) is 0 Å². The Morgan fingerprint density at radius 1 is 0.794 bits per heavy atom. The van der Waals surface area contributed by atoms with Crippen molar-refractivity contribution in [1.82, 2.24) is 14.9 Å². The maximum atomic E-state index is 12.8. The van der Waals surface area contributed by atoms with Gasteiger partial charge in [0, 0.05) is 18.7 Å². The molecule has 1 aliphatic heterocycles. The van der Waals surface area contributed by atoms with Crippen molar-refractivity contribution in [3.63, 3.8) is 0 Å². The van der Waals surface area contributed by atoms with Crippen LogP contribution in [0.15, 0.2) is 78.9 Å². The number of amides is 3. The van der Waals surface area contributed by atoms with Crippen LogP contribution in [0.25, 0.3) is 0 Å². The van der Waals surface area contributed by atoms with Gasteiger partial charge in [-0.15, -0.1) is 0 Å². The van der Waals surface area contributed by atoms with Gasteiger partial charge >= 0.3 is 0 Å². The third kappa shape index (κ3) is 5.38. The number of benzene rings is 3. The van der Waals surface area contributed by atoms with E-state index in [2.05, 4.69) is 10.0 Å². The molecule has 0 saturated heterocycles. The Kier molecular flexibility index (Phi) is 6.85. The van der Waals surface area contributed by atoms with Gasteiger partial charge in [0.1, 0.15) is 0 Å². The number of sulfonamides is 1. The molecule has 0 radical (unpaired) electrons. The van der Waals surface area contributed by atoms with E-state index in [0.717, 1.165) is 16.0 Å². The van der Waals surface area contributed by atoms with Gasteiger partial charge in [-0.05, 0) is 29.3 Å². The number of imide groups is 1. The number of carbonyl (C=O) groups is 3. The first-order valence-electron chi connectivity index (χ1n) is 10.7. The maximum absolute atomic E-state index is 12.8. The van der Waals surface area contributed by atoms with Gasteiger partial charge in [-0.25, -0.2) is 13.1 Å². The molecule has 0 aromatic heterocycles. The van der Waals surface area contributed by atoms with E-state index in [0.29, 0.717) is 0 Å². The molecule has 2 N–H and O–H groups in total. The Morgan fingerprint density at radius 3 is 2.09 bits per heavy atom. The molecular formula is C25H23N3O5S. The Bertz CT molecular complexity index is 1330. The molecule has 1 aliphatic rings. The third-order valence-corrected chi connectivity index (χ3v) is 6.74. The second-order valence-electron chi connectivity index (χ2n) is 7.82.